The molecule has 3 rings (SSSR count). The molecule has 0 spiro atoms. The van der Waals surface area contributed by atoms with Crippen LogP contribution in [0.1, 0.15) is 57.0 Å². The highest BCUT2D eigenvalue weighted by molar-refractivity contribution is 7.17. The largest absolute Gasteiger partial charge is 0.462 e. The fourth-order valence-corrected chi connectivity index (χ4v) is 4.75. The van der Waals surface area contributed by atoms with Gasteiger partial charge in [0.2, 0.25) is 0 Å². The molecule has 8 heteroatoms. The second-order valence-corrected chi connectivity index (χ2v) is 7.88. The van der Waals surface area contributed by atoms with Gasteiger partial charge in [-0.15, -0.1) is 11.3 Å². The summed E-state index contributed by atoms with van der Waals surface area (Å²) in [4.78, 5) is 26.1. The van der Waals surface area contributed by atoms with Crippen molar-refractivity contribution in [2.24, 2.45) is 5.92 Å². The first-order valence-corrected chi connectivity index (χ1v) is 9.83. The Morgan fingerprint density at radius 1 is 1.29 bits per heavy atom. The first-order valence-electron chi connectivity index (χ1n) is 9.01. The van der Waals surface area contributed by atoms with Crippen LogP contribution in [-0.4, -0.2) is 18.5 Å². The molecule has 0 radical (unpaired) electrons. The third kappa shape index (κ3) is 4.06. The van der Waals surface area contributed by atoms with Crippen molar-refractivity contribution in [1.82, 2.24) is 0 Å². The molecule has 0 bridgehead atoms. The Balaban J connectivity index is 1.99. The number of hydrogen-bond donors (Lipinski definition) is 1. The number of rotatable bonds is 4. The Labute approximate surface area is 164 Å². The minimum absolute atomic E-state index is 0.171. The Morgan fingerprint density at radius 3 is 2.68 bits per heavy atom. The fraction of sp³-hybridized carbons (Fsp3) is 0.400. The second kappa shape index (κ2) is 7.95. The molecule has 150 valence electrons. The molecule has 28 heavy (non-hydrogen) atoms. The van der Waals surface area contributed by atoms with E-state index in [0.717, 1.165) is 35.4 Å². The van der Waals surface area contributed by atoms with Crippen molar-refractivity contribution in [2.75, 3.05) is 11.9 Å². The lowest BCUT2D eigenvalue weighted by atomic mass is 9.88. The van der Waals surface area contributed by atoms with Gasteiger partial charge in [0.25, 0.3) is 5.91 Å². The van der Waals surface area contributed by atoms with E-state index in [4.69, 9.17) is 4.74 Å². The molecule has 1 amide bonds. The molecular formula is C20H20F3NO3S. The number of carbonyl (C=O) groups is 2. The summed E-state index contributed by atoms with van der Waals surface area (Å²) in [5, 5.41) is 2.78. The molecule has 0 fully saturated rings. The quantitative estimate of drug-likeness (QED) is 0.693. The van der Waals surface area contributed by atoms with Crippen molar-refractivity contribution >= 4 is 28.2 Å². The third-order valence-electron chi connectivity index (χ3n) is 4.70. The molecular weight excluding hydrogens is 391 g/mol. The van der Waals surface area contributed by atoms with Crippen LogP contribution >= 0.6 is 11.3 Å². The van der Waals surface area contributed by atoms with Crippen LogP contribution in [0.25, 0.3) is 0 Å². The Kier molecular flexibility index (Phi) is 5.79. The normalized spacial score (nSPS) is 16.4. The second-order valence-electron chi connectivity index (χ2n) is 6.77. The molecule has 1 N–H and O–H groups in total. The lowest BCUT2D eigenvalue weighted by Gasteiger charge is -2.18. The van der Waals surface area contributed by atoms with Gasteiger partial charge in [0.05, 0.1) is 23.3 Å². The molecule has 0 aliphatic heterocycles. The SMILES string of the molecule is CCOC(=O)c1c(NC(=O)c2ccccc2C(F)(F)F)sc2c1CC[C@H](C)C2. The Hall–Kier alpha value is -2.35. The number of hydrogen-bond acceptors (Lipinski definition) is 4. The van der Waals surface area contributed by atoms with E-state index in [9.17, 15) is 22.8 Å². The lowest BCUT2D eigenvalue weighted by molar-refractivity contribution is -0.137. The molecule has 0 saturated heterocycles. The summed E-state index contributed by atoms with van der Waals surface area (Å²) in [7, 11) is 0. The average Bonchev–Trinajstić information content (AvgIpc) is 2.98. The number of ether oxygens (including phenoxy) is 1. The summed E-state index contributed by atoms with van der Waals surface area (Å²) in [6.45, 7) is 3.95. The summed E-state index contributed by atoms with van der Waals surface area (Å²) in [5.74, 6) is -1.02. The van der Waals surface area contributed by atoms with E-state index >= 15 is 0 Å². The van der Waals surface area contributed by atoms with E-state index in [-0.39, 0.29) is 17.2 Å². The van der Waals surface area contributed by atoms with Crippen molar-refractivity contribution < 1.29 is 27.5 Å². The van der Waals surface area contributed by atoms with Crippen LogP contribution < -0.4 is 5.32 Å². The highest BCUT2D eigenvalue weighted by atomic mass is 32.1. The highest BCUT2D eigenvalue weighted by Gasteiger charge is 2.36. The molecule has 0 saturated carbocycles. The summed E-state index contributed by atoms with van der Waals surface area (Å²) < 4.78 is 44.8. The number of carbonyl (C=O) groups excluding carboxylic acids is 2. The number of thiophene rings is 1. The zero-order valence-corrected chi connectivity index (χ0v) is 16.3. The minimum Gasteiger partial charge on any atom is -0.462 e. The van der Waals surface area contributed by atoms with Crippen molar-refractivity contribution in [3.63, 3.8) is 0 Å². The molecule has 1 heterocycles. The third-order valence-corrected chi connectivity index (χ3v) is 5.87. The van der Waals surface area contributed by atoms with Gasteiger partial charge in [-0.3, -0.25) is 4.79 Å². The van der Waals surface area contributed by atoms with Crippen LogP contribution in [0.2, 0.25) is 0 Å². The van der Waals surface area contributed by atoms with Gasteiger partial charge in [0.1, 0.15) is 5.00 Å². The maximum atomic E-state index is 13.2. The van der Waals surface area contributed by atoms with E-state index in [1.54, 1.807) is 6.92 Å². The van der Waals surface area contributed by atoms with E-state index in [1.165, 1.54) is 23.5 Å². The molecule has 1 aromatic carbocycles. The smallest absolute Gasteiger partial charge is 0.417 e. The van der Waals surface area contributed by atoms with E-state index in [1.807, 2.05) is 0 Å². The number of halogens is 3. The average molecular weight is 411 g/mol. The van der Waals surface area contributed by atoms with Gasteiger partial charge in [-0.05, 0) is 49.8 Å². The van der Waals surface area contributed by atoms with Crippen molar-refractivity contribution in [3.8, 4) is 0 Å². The number of esters is 1. The van der Waals surface area contributed by atoms with Crippen LogP contribution in [0.15, 0.2) is 24.3 Å². The van der Waals surface area contributed by atoms with E-state index in [2.05, 4.69) is 12.2 Å². The zero-order chi connectivity index (χ0) is 20.5. The van der Waals surface area contributed by atoms with Gasteiger partial charge in [0.15, 0.2) is 0 Å². The maximum absolute atomic E-state index is 13.2. The van der Waals surface area contributed by atoms with E-state index < -0.39 is 29.2 Å². The van der Waals surface area contributed by atoms with Gasteiger partial charge in [-0.1, -0.05) is 19.1 Å². The summed E-state index contributed by atoms with van der Waals surface area (Å²) in [6.07, 6.45) is -2.31. The predicted octanol–water partition coefficient (Wildman–Crippen LogP) is 5.32. The Morgan fingerprint density at radius 2 is 2.00 bits per heavy atom. The number of benzene rings is 1. The predicted molar refractivity (Wildman–Crippen MR) is 101 cm³/mol. The molecule has 1 aliphatic carbocycles. The van der Waals surface area contributed by atoms with E-state index in [0.29, 0.717) is 12.3 Å². The Bertz CT molecular complexity index is 905. The van der Waals surface area contributed by atoms with Crippen LogP contribution in [0.3, 0.4) is 0 Å². The first kappa shape index (κ1) is 20.4. The fourth-order valence-electron chi connectivity index (χ4n) is 3.36. The van der Waals surface area contributed by atoms with Crippen molar-refractivity contribution in [3.05, 3.63) is 51.4 Å². The van der Waals surface area contributed by atoms with Gasteiger partial charge in [0, 0.05) is 4.88 Å². The minimum atomic E-state index is -4.65. The van der Waals surface area contributed by atoms with Gasteiger partial charge in [-0.2, -0.15) is 13.2 Å². The summed E-state index contributed by atoms with van der Waals surface area (Å²) in [6, 6.07) is 4.59. The molecule has 2 aromatic rings. The van der Waals surface area contributed by atoms with Gasteiger partial charge >= 0.3 is 12.1 Å². The number of amides is 1. The van der Waals surface area contributed by atoms with Gasteiger partial charge in [-0.25, -0.2) is 4.79 Å². The molecule has 4 nitrogen and oxygen atoms in total. The zero-order valence-electron chi connectivity index (χ0n) is 15.5. The molecule has 0 unspecified atom stereocenters. The lowest BCUT2D eigenvalue weighted by Crippen LogP contribution is -2.20. The number of anilines is 1. The molecule has 1 atom stereocenters. The van der Waals surface area contributed by atoms with Crippen molar-refractivity contribution in [2.45, 2.75) is 39.3 Å². The summed E-state index contributed by atoms with van der Waals surface area (Å²) in [5.41, 5.74) is -0.391. The molecule has 1 aliphatic rings. The van der Waals surface area contributed by atoms with Gasteiger partial charge < -0.3 is 10.1 Å². The standard InChI is InChI=1S/C20H20F3NO3S/c1-3-27-19(26)16-13-9-8-11(2)10-15(13)28-18(16)24-17(25)12-6-4-5-7-14(12)20(21,22)23/h4-7,11H,3,8-10H2,1-2H3,(H,24,25)/t11-/m0/s1. The summed E-state index contributed by atoms with van der Waals surface area (Å²) >= 11 is 1.24. The number of alkyl halides is 3. The number of fused-ring (bicyclic) bond motifs is 1. The first-order chi connectivity index (χ1) is 13.2. The van der Waals surface area contributed by atoms with Crippen LogP contribution in [0, 0.1) is 5.92 Å². The molecule has 1 aromatic heterocycles. The number of nitrogens with one attached hydrogen (secondary N) is 1. The van der Waals surface area contributed by atoms with Crippen molar-refractivity contribution in [1.29, 1.82) is 0 Å². The van der Waals surface area contributed by atoms with Crippen LogP contribution in [0.5, 0.6) is 0 Å². The maximum Gasteiger partial charge on any atom is 0.417 e. The highest BCUT2D eigenvalue weighted by Crippen LogP contribution is 2.40. The van der Waals surface area contributed by atoms with Crippen LogP contribution in [-0.2, 0) is 23.8 Å². The van der Waals surface area contributed by atoms with Crippen LogP contribution in [0.4, 0.5) is 18.2 Å². The topological polar surface area (TPSA) is 55.4 Å². The monoisotopic (exact) mass is 411 g/mol.